The summed E-state index contributed by atoms with van der Waals surface area (Å²) in [5.74, 6) is -0.0204. The van der Waals surface area contributed by atoms with Gasteiger partial charge in [0.1, 0.15) is 0 Å². The lowest BCUT2D eigenvalue weighted by Gasteiger charge is -2.26. The number of rotatable bonds is 7. The predicted octanol–water partition coefficient (Wildman–Crippen LogP) is 5.83. The second kappa shape index (κ2) is 9.93. The number of para-hydroxylation sites is 3. The van der Waals surface area contributed by atoms with E-state index in [2.05, 4.69) is 27.2 Å². The van der Waals surface area contributed by atoms with Gasteiger partial charge < -0.3 is 15.1 Å². The molecule has 2 aromatic rings. The van der Waals surface area contributed by atoms with Crippen LogP contribution in [0.15, 0.2) is 48.5 Å². The van der Waals surface area contributed by atoms with Crippen LogP contribution in [-0.4, -0.2) is 37.0 Å². The maximum atomic E-state index is 12.7. The van der Waals surface area contributed by atoms with Crippen molar-refractivity contribution in [1.29, 1.82) is 0 Å². The third kappa shape index (κ3) is 4.99. The van der Waals surface area contributed by atoms with E-state index in [0.29, 0.717) is 0 Å². The average Bonchev–Trinajstić information content (AvgIpc) is 3.08. The molecule has 1 amide bonds. The summed E-state index contributed by atoms with van der Waals surface area (Å²) in [6.07, 6.45) is 10.5. The standard InChI is InChI=1S/C25H33N3O/c29-25-21-13-5-7-15-23(21)28(24-16-8-6-14-22(24)26-25)20-12-4-3-11-19-27-17-9-1-2-10-18-27/h5-8,13-16H,1-4,9-12,17-20H2,(H,26,29). The zero-order chi connectivity index (χ0) is 19.9. The molecule has 2 aliphatic rings. The van der Waals surface area contributed by atoms with Crippen LogP contribution in [0.4, 0.5) is 17.1 Å². The van der Waals surface area contributed by atoms with E-state index in [1.807, 2.05) is 36.4 Å². The average molecular weight is 392 g/mol. The van der Waals surface area contributed by atoms with Gasteiger partial charge in [-0.2, -0.15) is 0 Å². The number of fused-ring (bicyclic) bond motifs is 2. The van der Waals surface area contributed by atoms with Crippen LogP contribution in [-0.2, 0) is 0 Å². The van der Waals surface area contributed by atoms with Gasteiger partial charge in [0.25, 0.3) is 5.91 Å². The van der Waals surface area contributed by atoms with Gasteiger partial charge in [-0.1, -0.05) is 49.9 Å². The molecule has 0 saturated carbocycles. The van der Waals surface area contributed by atoms with Gasteiger partial charge in [-0.25, -0.2) is 0 Å². The summed E-state index contributed by atoms with van der Waals surface area (Å²) in [6, 6.07) is 16.1. The van der Waals surface area contributed by atoms with Crippen LogP contribution in [0.3, 0.4) is 0 Å². The van der Waals surface area contributed by atoms with Crippen LogP contribution in [0, 0.1) is 0 Å². The molecule has 4 rings (SSSR count). The first-order chi connectivity index (χ1) is 14.3. The monoisotopic (exact) mass is 391 g/mol. The summed E-state index contributed by atoms with van der Waals surface area (Å²) >= 11 is 0. The number of unbranched alkanes of at least 4 members (excludes halogenated alkanes) is 3. The van der Waals surface area contributed by atoms with Gasteiger partial charge in [-0.3, -0.25) is 4.79 Å². The second-order valence-electron chi connectivity index (χ2n) is 8.31. The Hall–Kier alpha value is -2.33. The van der Waals surface area contributed by atoms with Crippen molar-refractivity contribution in [3.8, 4) is 0 Å². The van der Waals surface area contributed by atoms with Crippen LogP contribution in [0.1, 0.15) is 61.7 Å². The van der Waals surface area contributed by atoms with Crippen LogP contribution < -0.4 is 10.2 Å². The van der Waals surface area contributed by atoms with Gasteiger partial charge in [-0.15, -0.1) is 0 Å². The van der Waals surface area contributed by atoms with Crippen LogP contribution in [0.2, 0.25) is 0 Å². The molecule has 1 saturated heterocycles. The van der Waals surface area contributed by atoms with Crippen molar-refractivity contribution >= 4 is 23.0 Å². The first kappa shape index (κ1) is 20.0. The minimum atomic E-state index is -0.0204. The number of carbonyl (C=O) groups excluding carboxylic acids is 1. The molecule has 0 aromatic heterocycles. The third-order valence-corrected chi connectivity index (χ3v) is 6.19. The first-order valence-corrected chi connectivity index (χ1v) is 11.3. The highest BCUT2D eigenvalue weighted by atomic mass is 16.1. The van der Waals surface area contributed by atoms with E-state index >= 15 is 0 Å². The number of hydrogen-bond acceptors (Lipinski definition) is 3. The fourth-order valence-corrected chi connectivity index (χ4v) is 4.59. The minimum Gasteiger partial charge on any atom is -0.339 e. The van der Waals surface area contributed by atoms with Crippen LogP contribution >= 0.6 is 0 Å². The van der Waals surface area contributed by atoms with Gasteiger partial charge in [0, 0.05) is 6.54 Å². The number of nitrogens with zero attached hydrogens (tertiary/aromatic N) is 2. The molecule has 2 aromatic carbocycles. The van der Waals surface area contributed by atoms with Crippen molar-refractivity contribution in [2.75, 3.05) is 36.4 Å². The van der Waals surface area contributed by atoms with Crippen molar-refractivity contribution in [2.45, 2.75) is 51.4 Å². The lowest BCUT2D eigenvalue weighted by molar-refractivity contribution is 0.102. The summed E-state index contributed by atoms with van der Waals surface area (Å²) in [6.45, 7) is 4.78. The van der Waals surface area contributed by atoms with E-state index in [0.717, 1.165) is 35.6 Å². The Balaban J connectivity index is 1.34. The lowest BCUT2D eigenvalue weighted by Crippen LogP contribution is -2.25. The van der Waals surface area contributed by atoms with Crippen molar-refractivity contribution in [3.63, 3.8) is 0 Å². The van der Waals surface area contributed by atoms with Gasteiger partial charge >= 0.3 is 0 Å². The maximum Gasteiger partial charge on any atom is 0.257 e. The molecule has 2 aliphatic heterocycles. The molecule has 0 unspecified atom stereocenters. The quantitative estimate of drug-likeness (QED) is 0.604. The highest BCUT2D eigenvalue weighted by Crippen LogP contribution is 2.37. The van der Waals surface area contributed by atoms with E-state index < -0.39 is 0 Å². The number of carbonyl (C=O) groups is 1. The normalized spacial score (nSPS) is 17.1. The van der Waals surface area contributed by atoms with E-state index in [1.165, 1.54) is 64.6 Å². The number of likely N-dealkylation sites (tertiary alicyclic amines) is 1. The Morgan fingerprint density at radius 3 is 2.17 bits per heavy atom. The molecule has 154 valence electrons. The molecule has 1 N–H and O–H groups in total. The van der Waals surface area contributed by atoms with E-state index in [9.17, 15) is 4.79 Å². The summed E-state index contributed by atoms with van der Waals surface area (Å²) in [4.78, 5) is 17.6. The molecule has 0 spiro atoms. The molecule has 1 fully saturated rings. The molecular formula is C25H33N3O. The zero-order valence-corrected chi connectivity index (χ0v) is 17.4. The molecule has 0 radical (unpaired) electrons. The molecule has 0 atom stereocenters. The second-order valence-corrected chi connectivity index (χ2v) is 8.31. The topological polar surface area (TPSA) is 35.6 Å². The van der Waals surface area contributed by atoms with Gasteiger partial charge in [0.15, 0.2) is 0 Å². The molecule has 4 nitrogen and oxygen atoms in total. The number of benzene rings is 2. The smallest absolute Gasteiger partial charge is 0.257 e. The molecule has 0 aliphatic carbocycles. The molecule has 0 bridgehead atoms. The maximum absolute atomic E-state index is 12.7. The predicted molar refractivity (Wildman–Crippen MR) is 121 cm³/mol. The Bertz CT molecular complexity index is 811. The largest absolute Gasteiger partial charge is 0.339 e. The molecule has 4 heteroatoms. The fourth-order valence-electron chi connectivity index (χ4n) is 4.59. The Kier molecular flexibility index (Phi) is 6.83. The number of amides is 1. The lowest BCUT2D eigenvalue weighted by atomic mass is 10.1. The summed E-state index contributed by atoms with van der Waals surface area (Å²) < 4.78 is 0. The summed E-state index contributed by atoms with van der Waals surface area (Å²) in [7, 11) is 0. The fraction of sp³-hybridized carbons (Fsp3) is 0.480. The summed E-state index contributed by atoms with van der Waals surface area (Å²) in [5, 5.41) is 3.07. The third-order valence-electron chi connectivity index (χ3n) is 6.19. The SMILES string of the molecule is O=C1Nc2ccccc2N(CCCCCCN2CCCCCC2)c2ccccc21. The van der Waals surface area contributed by atoms with Crippen molar-refractivity contribution < 1.29 is 4.79 Å². The van der Waals surface area contributed by atoms with Crippen molar-refractivity contribution in [2.24, 2.45) is 0 Å². The molecule has 29 heavy (non-hydrogen) atoms. The highest BCUT2D eigenvalue weighted by Gasteiger charge is 2.24. The molecular weight excluding hydrogens is 358 g/mol. The van der Waals surface area contributed by atoms with Crippen molar-refractivity contribution in [3.05, 3.63) is 54.1 Å². The Labute approximate surface area is 174 Å². The highest BCUT2D eigenvalue weighted by molar-refractivity contribution is 6.12. The van der Waals surface area contributed by atoms with Crippen LogP contribution in [0.5, 0.6) is 0 Å². The summed E-state index contributed by atoms with van der Waals surface area (Å²) in [5.41, 5.74) is 3.76. The number of nitrogens with one attached hydrogen (secondary N) is 1. The van der Waals surface area contributed by atoms with E-state index in [-0.39, 0.29) is 5.91 Å². The first-order valence-electron chi connectivity index (χ1n) is 11.3. The van der Waals surface area contributed by atoms with Gasteiger partial charge in [0.05, 0.1) is 22.6 Å². The van der Waals surface area contributed by atoms with Crippen molar-refractivity contribution in [1.82, 2.24) is 4.90 Å². The van der Waals surface area contributed by atoms with Crippen LogP contribution in [0.25, 0.3) is 0 Å². The Morgan fingerprint density at radius 1 is 0.724 bits per heavy atom. The minimum absolute atomic E-state index is 0.0204. The molecule has 2 heterocycles. The van der Waals surface area contributed by atoms with E-state index in [4.69, 9.17) is 0 Å². The zero-order valence-electron chi connectivity index (χ0n) is 17.4. The van der Waals surface area contributed by atoms with E-state index in [1.54, 1.807) is 0 Å². The number of hydrogen-bond donors (Lipinski definition) is 1. The Morgan fingerprint density at radius 2 is 1.38 bits per heavy atom. The number of anilines is 3. The van der Waals surface area contributed by atoms with Gasteiger partial charge in [0.2, 0.25) is 0 Å². The van der Waals surface area contributed by atoms with Gasteiger partial charge in [-0.05, 0) is 69.6 Å².